The second kappa shape index (κ2) is 7.48. The maximum Gasteiger partial charge on any atom is 0.216 e. The molecule has 0 saturated carbocycles. The fraction of sp³-hybridized carbons (Fsp3) is 0.294. The predicted molar refractivity (Wildman–Crippen MR) is 90.2 cm³/mol. The molecule has 1 N–H and O–H groups in total. The van der Waals surface area contributed by atoms with Gasteiger partial charge in [0.25, 0.3) is 0 Å². The van der Waals surface area contributed by atoms with E-state index < -0.39 is 10.0 Å². The van der Waals surface area contributed by atoms with Crippen LogP contribution in [0.4, 0.5) is 0 Å². The summed E-state index contributed by atoms with van der Waals surface area (Å²) in [5.74, 6) is 1.14. The minimum absolute atomic E-state index is 0.0411. The molecule has 0 bridgehead atoms. The zero-order chi connectivity index (χ0) is 16.9. The topological polar surface area (TPSA) is 64.6 Å². The van der Waals surface area contributed by atoms with Crippen molar-refractivity contribution in [1.82, 2.24) is 4.72 Å². The molecule has 2 aromatic rings. The van der Waals surface area contributed by atoms with E-state index in [9.17, 15) is 8.42 Å². The molecule has 0 spiro atoms. The van der Waals surface area contributed by atoms with Gasteiger partial charge in [-0.2, -0.15) is 0 Å². The van der Waals surface area contributed by atoms with Crippen LogP contribution in [0.15, 0.2) is 42.5 Å². The van der Waals surface area contributed by atoms with Crippen molar-refractivity contribution in [3.63, 3.8) is 0 Å². The van der Waals surface area contributed by atoms with E-state index in [-0.39, 0.29) is 12.3 Å². The van der Waals surface area contributed by atoms with Gasteiger partial charge >= 0.3 is 0 Å². The normalized spacial score (nSPS) is 11.3. The fourth-order valence-electron chi connectivity index (χ4n) is 2.14. The van der Waals surface area contributed by atoms with Gasteiger partial charge in [0.05, 0.1) is 20.0 Å². The van der Waals surface area contributed by atoms with Crippen molar-refractivity contribution >= 4 is 10.0 Å². The van der Waals surface area contributed by atoms with Gasteiger partial charge in [-0.1, -0.05) is 35.9 Å². The average Bonchev–Trinajstić information content (AvgIpc) is 2.54. The molecule has 0 aliphatic heterocycles. The van der Waals surface area contributed by atoms with Crippen LogP contribution in [0, 0.1) is 6.92 Å². The molecule has 2 aromatic carbocycles. The summed E-state index contributed by atoms with van der Waals surface area (Å²) in [6.07, 6.45) is 0. The minimum Gasteiger partial charge on any atom is -0.493 e. The summed E-state index contributed by atoms with van der Waals surface area (Å²) in [6.45, 7) is 2.17. The summed E-state index contributed by atoms with van der Waals surface area (Å²) >= 11 is 0. The van der Waals surface area contributed by atoms with E-state index in [2.05, 4.69) is 4.72 Å². The van der Waals surface area contributed by atoms with Crippen LogP contribution in [0.2, 0.25) is 0 Å². The molecule has 0 aliphatic carbocycles. The average molecular weight is 335 g/mol. The smallest absolute Gasteiger partial charge is 0.216 e. The molecule has 0 saturated heterocycles. The van der Waals surface area contributed by atoms with Crippen LogP contribution in [-0.2, 0) is 22.3 Å². The van der Waals surface area contributed by atoms with Gasteiger partial charge in [-0.15, -0.1) is 0 Å². The number of nitrogens with one attached hydrogen (secondary N) is 1. The summed E-state index contributed by atoms with van der Waals surface area (Å²) in [7, 11) is -0.301. The summed E-state index contributed by atoms with van der Waals surface area (Å²) in [5.41, 5.74) is 2.66. The van der Waals surface area contributed by atoms with Gasteiger partial charge in [-0.25, -0.2) is 13.1 Å². The van der Waals surface area contributed by atoms with E-state index in [0.717, 1.165) is 16.7 Å². The third kappa shape index (κ3) is 4.97. The van der Waals surface area contributed by atoms with E-state index in [1.54, 1.807) is 32.4 Å². The molecule has 0 fully saturated rings. The number of rotatable bonds is 7. The quantitative estimate of drug-likeness (QED) is 0.845. The highest BCUT2D eigenvalue weighted by molar-refractivity contribution is 7.88. The number of methoxy groups -OCH3 is 2. The number of sulfonamides is 1. The molecular formula is C17H21NO4S. The maximum atomic E-state index is 12.2. The van der Waals surface area contributed by atoms with Gasteiger partial charge in [-0.3, -0.25) is 0 Å². The van der Waals surface area contributed by atoms with Crippen molar-refractivity contribution in [3.8, 4) is 11.5 Å². The maximum absolute atomic E-state index is 12.2. The molecule has 0 heterocycles. The number of ether oxygens (including phenoxy) is 2. The lowest BCUT2D eigenvalue weighted by Crippen LogP contribution is -2.24. The molecule has 0 atom stereocenters. The third-order valence-corrected chi connectivity index (χ3v) is 4.72. The first-order valence-corrected chi connectivity index (χ1v) is 8.82. The molecular weight excluding hydrogens is 314 g/mol. The molecule has 5 nitrogen and oxygen atoms in total. The van der Waals surface area contributed by atoms with Crippen LogP contribution in [0.3, 0.4) is 0 Å². The predicted octanol–water partition coefficient (Wildman–Crippen LogP) is 2.63. The SMILES string of the molecule is COc1ccc(CNS(=O)(=O)Cc2ccc(C)cc2)cc1OC. The number of benzene rings is 2. The Kier molecular flexibility index (Phi) is 5.63. The van der Waals surface area contributed by atoms with Crippen LogP contribution in [0.1, 0.15) is 16.7 Å². The van der Waals surface area contributed by atoms with Gasteiger partial charge in [0.1, 0.15) is 0 Å². The first kappa shape index (κ1) is 17.3. The lowest BCUT2D eigenvalue weighted by Gasteiger charge is -2.11. The molecule has 0 unspecified atom stereocenters. The Hall–Kier alpha value is -2.05. The first-order valence-electron chi connectivity index (χ1n) is 7.17. The first-order chi connectivity index (χ1) is 10.9. The van der Waals surface area contributed by atoms with Gasteiger partial charge in [0.2, 0.25) is 10.0 Å². The Morgan fingerprint density at radius 1 is 0.913 bits per heavy atom. The van der Waals surface area contributed by atoms with E-state index in [1.165, 1.54) is 0 Å². The number of hydrogen-bond donors (Lipinski definition) is 1. The highest BCUT2D eigenvalue weighted by Gasteiger charge is 2.12. The van der Waals surface area contributed by atoms with Gasteiger partial charge in [0, 0.05) is 6.54 Å². The highest BCUT2D eigenvalue weighted by Crippen LogP contribution is 2.27. The fourth-order valence-corrected chi connectivity index (χ4v) is 3.26. The van der Waals surface area contributed by atoms with E-state index in [4.69, 9.17) is 9.47 Å². The van der Waals surface area contributed by atoms with Gasteiger partial charge in [0.15, 0.2) is 11.5 Å². The standard InChI is InChI=1S/C17H21NO4S/c1-13-4-6-14(7-5-13)12-23(19,20)18-11-15-8-9-16(21-2)17(10-15)22-3/h4-10,18H,11-12H2,1-3H3. The molecule has 0 radical (unpaired) electrons. The summed E-state index contributed by atoms with van der Waals surface area (Å²) in [6, 6.07) is 12.8. The Balaban J connectivity index is 2.02. The molecule has 124 valence electrons. The lowest BCUT2D eigenvalue weighted by atomic mass is 10.2. The van der Waals surface area contributed by atoms with Crippen molar-refractivity contribution in [2.75, 3.05) is 14.2 Å². The summed E-state index contributed by atoms with van der Waals surface area (Å²) in [4.78, 5) is 0. The van der Waals surface area contributed by atoms with Crippen LogP contribution in [-0.4, -0.2) is 22.6 Å². The molecule has 0 aliphatic rings. The van der Waals surface area contributed by atoms with E-state index in [0.29, 0.717) is 11.5 Å². The molecule has 23 heavy (non-hydrogen) atoms. The second-order valence-electron chi connectivity index (χ2n) is 5.26. The Labute approximate surface area is 137 Å². The third-order valence-electron chi connectivity index (χ3n) is 3.42. The zero-order valence-electron chi connectivity index (χ0n) is 13.5. The van der Waals surface area contributed by atoms with Gasteiger partial charge in [-0.05, 0) is 30.2 Å². The monoisotopic (exact) mass is 335 g/mol. The van der Waals surface area contributed by atoms with Gasteiger partial charge < -0.3 is 9.47 Å². The van der Waals surface area contributed by atoms with Crippen molar-refractivity contribution in [2.24, 2.45) is 0 Å². The van der Waals surface area contributed by atoms with Crippen LogP contribution < -0.4 is 14.2 Å². The van der Waals surface area contributed by atoms with Crippen molar-refractivity contribution < 1.29 is 17.9 Å². The Morgan fingerprint density at radius 2 is 1.52 bits per heavy atom. The number of aryl methyl sites for hydroxylation is 1. The Bertz CT molecular complexity index is 755. The van der Waals surface area contributed by atoms with Crippen molar-refractivity contribution in [1.29, 1.82) is 0 Å². The molecule has 0 amide bonds. The van der Waals surface area contributed by atoms with Crippen LogP contribution in [0.25, 0.3) is 0 Å². The molecule has 0 aromatic heterocycles. The Morgan fingerprint density at radius 3 is 2.13 bits per heavy atom. The zero-order valence-corrected chi connectivity index (χ0v) is 14.3. The molecule has 6 heteroatoms. The number of hydrogen-bond acceptors (Lipinski definition) is 4. The van der Waals surface area contributed by atoms with E-state index in [1.807, 2.05) is 31.2 Å². The minimum atomic E-state index is -3.40. The second-order valence-corrected chi connectivity index (χ2v) is 7.06. The van der Waals surface area contributed by atoms with Crippen LogP contribution in [0.5, 0.6) is 11.5 Å². The summed E-state index contributed by atoms with van der Waals surface area (Å²) in [5, 5.41) is 0. The largest absolute Gasteiger partial charge is 0.493 e. The van der Waals surface area contributed by atoms with Crippen LogP contribution >= 0.6 is 0 Å². The summed E-state index contributed by atoms with van der Waals surface area (Å²) < 4.78 is 37.3. The molecule has 2 rings (SSSR count). The lowest BCUT2D eigenvalue weighted by molar-refractivity contribution is 0.354. The van der Waals surface area contributed by atoms with E-state index >= 15 is 0 Å². The highest BCUT2D eigenvalue weighted by atomic mass is 32.2. The van der Waals surface area contributed by atoms with Crippen molar-refractivity contribution in [2.45, 2.75) is 19.2 Å². The van der Waals surface area contributed by atoms with Crippen molar-refractivity contribution in [3.05, 3.63) is 59.2 Å².